The summed E-state index contributed by atoms with van der Waals surface area (Å²) in [6.45, 7) is 3.74. The highest BCUT2D eigenvalue weighted by Crippen LogP contribution is 2.18. The number of rotatable bonds is 5. The molecular formula is C11H14F3NO2. The second kappa shape index (κ2) is 5.35. The quantitative estimate of drug-likeness (QED) is 0.752. The Morgan fingerprint density at radius 3 is 2.47 bits per heavy atom. The van der Waals surface area contributed by atoms with E-state index in [1.54, 1.807) is 0 Å². The van der Waals surface area contributed by atoms with E-state index < -0.39 is 29.1 Å². The van der Waals surface area contributed by atoms with Gasteiger partial charge in [0.25, 0.3) is 11.8 Å². The van der Waals surface area contributed by atoms with Gasteiger partial charge in [0.15, 0.2) is 11.6 Å². The van der Waals surface area contributed by atoms with Crippen molar-refractivity contribution < 1.29 is 22.6 Å². The molecule has 96 valence electrons. The maximum absolute atomic E-state index is 13.1. The van der Waals surface area contributed by atoms with E-state index in [1.807, 2.05) is 13.8 Å². The SMILES string of the molecule is COC(C)(C)CCOc1nc(F)c(F)cc1F. The molecule has 0 atom stereocenters. The summed E-state index contributed by atoms with van der Waals surface area (Å²) in [6.07, 6.45) is 0.462. The molecular weight excluding hydrogens is 235 g/mol. The van der Waals surface area contributed by atoms with E-state index >= 15 is 0 Å². The lowest BCUT2D eigenvalue weighted by atomic mass is 10.1. The fourth-order valence-electron chi connectivity index (χ4n) is 1.03. The molecule has 1 aromatic rings. The fraction of sp³-hybridized carbons (Fsp3) is 0.545. The molecule has 1 rings (SSSR count). The topological polar surface area (TPSA) is 31.4 Å². The maximum Gasteiger partial charge on any atom is 0.253 e. The molecule has 0 bridgehead atoms. The summed E-state index contributed by atoms with van der Waals surface area (Å²) in [5.41, 5.74) is -0.435. The minimum Gasteiger partial charge on any atom is -0.475 e. The first kappa shape index (κ1) is 13.8. The smallest absolute Gasteiger partial charge is 0.253 e. The molecule has 1 heterocycles. The van der Waals surface area contributed by atoms with Crippen molar-refractivity contribution in [3.8, 4) is 5.88 Å². The summed E-state index contributed by atoms with van der Waals surface area (Å²) in [5.74, 6) is -4.30. The molecule has 17 heavy (non-hydrogen) atoms. The summed E-state index contributed by atoms with van der Waals surface area (Å²) < 4.78 is 48.5. The predicted molar refractivity (Wildman–Crippen MR) is 55.3 cm³/mol. The number of methoxy groups -OCH3 is 1. The zero-order chi connectivity index (χ0) is 13.1. The van der Waals surface area contributed by atoms with Crippen molar-refractivity contribution >= 4 is 0 Å². The summed E-state index contributed by atoms with van der Waals surface area (Å²) in [7, 11) is 1.54. The van der Waals surface area contributed by atoms with Crippen LogP contribution in [0.15, 0.2) is 6.07 Å². The monoisotopic (exact) mass is 249 g/mol. The second-order valence-electron chi connectivity index (χ2n) is 4.11. The lowest BCUT2D eigenvalue weighted by Gasteiger charge is -2.22. The normalized spacial score (nSPS) is 11.6. The van der Waals surface area contributed by atoms with Gasteiger partial charge in [-0.05, 0) is 13.8 Å². The van der Waals surface area contributed by atoms with Crippen molar-refractivity contribution in [1.82, 2.24) is 4.98 Å². The van der Waals surface area contributed by atoms with E-state index in [1.165, 1.54) is 7.11 Å². The summed E-state index contributed by atoms with van der Waals surface area (Å²) >= 11 is 0. The number of nitrogens with zero attached hydrogens (tertiary/aromatic N) is 1. The third-order valence-corrected chi connectivity index (χ3v) is 2.35. The number of hydrogen-bond acceptors (Lipinski definition) is 3. The third-order valence-electron chi connectivity index (χ3n) is 2.35. The Balaban J connectivity index is 2.61. The zero-order valence-corrected chi connectivity index (χ0v) is 9.89. The number of halogens is 3. The molecule has 0 fully saturated rings. The van der Waals surface area contributed by atoms with Gasteiger partial charge in [-0.25, -0.2) is 8.78 Å². The van der Waals surface area contributed by atoms with Crippen molar-refractivity contribution in [3.63, 3.8) is 0 Å². The van der Waals surface area contributed by atoms with Crippen LogP contribution >= 0.6 is 0 Å². The lowest BCUT2D eigenvalue weighted by Crippen LogP contribution is -2.25. The third kappa shape index (κ3) is 3.89. The van der Waals surface area contributed by atoms with Gasteiger partial charge >= 0.3 is 0 Å². The van der Waals surface area contributed by atoms with Crippen LogP contribution in [-0.2, 0) is 4.74 Å². The first-order valence-electron chi connectivity index (χ1n) is 5.05. The highest BCUT2D eigenvalue weighted by molar-refractivity contribution is 5.15. The second-order valence-corrected chi connectivity index (χ2v) is 4.11. The van der Waals surface area contributed by atoms with Gasteiger partial charge in [-0.15, -0.1) is 0 Å². The molecule has 1 aromatic heterocycles. The van der Waals surface area contributed by atoms with Crippen molar-refractivity contribution in [2.45, 2.75) is 25.9 Å². The molecule has 0 radical (unpaired) electrons. The highest BCUT2D eigenvalue weighted by Gasteiger charge is 2.18. The summed E-state index contributed by atoms with van der Waals surface area (Å²) in [4.78, 5) is 3.04. The van der Waals surface area contributed by atoms with Crippen LogP contribution < -0.4 is 4.74 Å². The standard InChI is InChI=1S/C11H14F3NO2/c1-11(2,16-3)4-5-17-10-8(13)6-7(12)9(14)15-10/h6H,4-5H2,1-3H3. The van der Waals surface area contributed by atoms with Gasteiger partial charge in [0.05, 0.1) is 12.2 Å². The van der Waals surface area contributed by atoms with Crippen molar-refractivity contribution in [2.75, 3.05) is 13.7 Å². The van der Waals surface area contributed by atoms with Gasteiger partial charge in [0.1, 0.15) is 0 Å². The lowest BCUT2D eigenvalue weighted by molar-refractivity contribution is 0.00463. The molecule has 0 aliphatic rings. The van der Waals surface area contributed by atoms with Gasteiger partial charge in [-0.1, -0.05) is 0 Å². The Labute approximate surface area is 97.6 Å². The molecule has 0 saturated heterocycles. The molecule has 0 aliphatic heterocycles. The van der Waals surface area contributed by atoms with E-state index in [0.717, 1.165) is 0 Å². The Hall–Kier alpha value is -1.30. The first-order chi connectivity index (χ1) is 7.85. The number of ether oxygens (including phenoxy) is 2. The van der Waals surface area contributed by atoms with Crippen LogP contribution in [0.4, 0.5) is 13.2 Å². The van der Waals surface area contributed by atoms with E-state index in [2.05, 4.69) is 4.98 Å². The van der Waals surface area contributed by atoms with Gasteiger partial charge in [0, 0.05) is 19.6 Å². The number of aromatic nitrogens is 1. The molecule has 0 amide bonds. The van der Waals surface area contributed by atoms with Crippen LogP contribution in [0.1, 0.15) is 20.3 Å². The molecule has 3 nitrogen and oxygen atoms in total. The minimum atomic E-state index is -1.38. The van der Waals surface area contributed by atoms with Crippen molar-refractivity contribution in [2.24, 2.45) is 0 Å². The average Bonchev–Trinajstić information content (AvgIpc) is 2.25. The van der Waals surface area contributed by atoms with E-state index in [-0.39, 0.29) is 6.61 Å². The van der Waals surface area contributed by atoms with Gasteiger partial charge in [-0.2, -0.15) is 9.37 Å². The Morgan fingerprint density at radius 2 is 1.88 bits per heavy atom. The number of pyridine rings is 1. The van der Waals surface area contributed by atoms with Crippen LogP contribution in [0.25, 0.3) is 0 Å². The van der Waals surface area contributed by atoms with Gasteiger partial charge in [-0.3, -0.25) is 0 Å². The molecule has 0 aliphatic carbocycles. The van der Waals surface area contributed by atoms with Gasteiger partial charge in [0.2, 0.25) is 0 Å². The molecule has 0 spiro atoms. The Bertz CT molecular complexity index is 397. The summed E-state index contributed by atoms with van der Waals surface area (Å²) in [5, 5.41) is 0. The molecule has 0 unspecified atom stereocenters. The number of hydrogen-bond donors (Lipinski definition) is 0. The highest BCUT2D eigenvalue weighted by atomic mass is 19.2. The zero-order valence-electron chi connectivity index (χ0n) is 9.89. The van der Waals surface area contributed by atoms with Crippen LogP contribution in [0.3, 0.4) is 0 Å². The average molecular weight is 249 g/mol. The van der Waals surface area contributed by atoms with Gasteiger partial charge < -0.3 is 9.47 Å². The predicted octanol–water partition coefficient (Wildman–Crippen LogP) is 2.69. The summed E-state index contributed by atoms with van der Waals surface area (Å²) in [6, 6.07) is 0.402. The molecule has 6 heteroatoms. The van der Waals surface area contributed by atoms with Crippen molar-refractivity contribution in [3.05, 3.63) is 23.6 Å². The van der Waals surface area contributed by atoms with Crippen LogP contribution in [0, 0.1) is 17.6 Å². The molecule has 0 N–H and O–H groups in total. The molecule has 0 aromatic carbocycles. The first-order valence-corrected chi connectivity index (χ1v) is 5.05. The maximum atomic E-state index is 13.1. The minimum absolute atomic E-state index is 0.0931. The Morgan fingerprint density at radius 1 is 1.24 bits per heavy atom. The van der Waals surface area contributed by atoms with E-state index in [9.17, 15) is 13.2 Å². The van der Waals surface area contributed by atoms with E-state index in [0.29, 0.717) is 12.5 Å². The van der Waals surface area contributed by atoms with Crippen LogP contribution in [0.2, 0.25) is 0 Å². The fourth-order valence-corrected chi connectivity index (χ4v) is 1.03. The van der Waals surface area contributed by atoms with Crippen LogP contribution in [-0.4, -0.2) is 24.3 Å². The largest absolute Gasteiger partial charge is 0.475 e. The van der Waals surface area contributed by atoms with Crippen LogP contribution in [0.5, 0.6) is 5.88 Å². The Kier molecular flexibility index (Phi) is 4.34. The van der Waals surface area contributed by atoms with E-state index in [4.69, 9.17) is 9.47 Å². The molecule has 0 saturated carbocycles. The van der Waals surface area contributed by atoms with Crippen molar-refractivity contribution in [1.29, 1.82) is 0 Å².